The lowest BCUT2D eigenvalue weighted by atomic mass is 9.84. The molecular formula is C20H29F. The Labute approximate surface area is 129 Å². The lowest BCUT2D eigenvalue weighted by molar-refractivity contribution is 0.411. The van der Waals surface area contributed by atoms with Crippen molar-refractivity contribution in [2.75, 3.05) is 0 Å². The van der Waals surface area contributed by atoms with Crippen molar-refractivity contribution in [3.8, 4) is 0 Å². The minimum absolute atomic E-state index is 0.137. The fraction of sp³-hybridized carbons (Fsp3) is 0.600. The van der Waals surface area contributed by atoms with Crippen molar-refractivity contribution >= 4 is 0 Å². The van der Waals surface area contributed by atoms with E-state index in [1.54, 1.807) is 17.7 Å². The highest BCUT2D eigenvalue weighted by molar-refractivity contribution is 5.18. The van der Waals surface area contributed by atoms with Crippen molar-refractivity contribution in [2.24, 2.45) is 5.92 Å². The molecule has 1 aliphatic rings. The highest BCUT2D eigenvalue weighted by Gasteiger charge is 2.13. The van der Waals surface area contributed by atoms with Gasteiger partial charge in [0.1, 0.15) is 5.82 Å². The Morgan fingerprint density at radius 3 is 2.52 bits per heavy atom. The van der Waals surface area contributed by atoms with Crippen molar-refractivity contribution in [2.45, 2.75) is 71.1 Å². The maximum atomic E-state index is 12.9. The molecule has 0 saturated carbocycles. The van der Waals surface area contributed by atoms with E-state index in [1.165, 1.54) is 56.9 Å². The van der Waals surface area contributed by atoms with Gasteiger partial charge in [-0.3, -0.25) is 0 Å². The monoisotopic (exact) mass is 288 g/mol. The Balaban J connectivity index is 1.67. The van der Waals surface area contributed by atoms with Gasteiger partial charge in [-0.25, -0.2) is 4.39 Å². The predicted octanol–water partition coefficient (Wildman–Crippen LogP) is 6.46. The number of rotatable bonds is 8. The molecule has 1 unspecified atom stereocenters. The van der Waals surface area contributed by atoms with E-state index in [9.17, 15) is 4.39 Å². The summed E-state index contributed by atoms with van der Waals surface area (Å²) in [6, 6.07) is 6.96. The Morgan fingerprint density at radius 2 is 1.86 bits per heavy atom. The zero-order valence-electron chi connectivity index (χ0n) is 13.4. The van der Waals surface area contributed by atoms with E-state index in [1.807, 2.05) is 12.1 Å². The van der Waals surface area contributed by atoms with Crippen LogP contribution in [0.25, 0.3) is 0 Å². The van der Waals surface area contributed by atoms with Crippen LogP contribution in [0.3, 0.4) is 0 Å². The normalized spacial score (nSPS) is 18.6. The minimum Gasteiger partial charge on any atom is -0.207 e. The van der Waals surface area contributed by atoms with Gasteiger partial charge in [0.15, 0.2) is 0 Å². The summed E-state index contributed by atoms with van der Waals surface area (Å²) >= 11 is 0. The van der Waals surface area contributed by atoms with Crippen LogP contribution in [0.2, 0.25) is 0 Å². The fourth-order valence-electron chi connectivity index (χ4n) is 3.25. The Morgan fingerprint density at radius 1 is 1.05 bits per heavy atom. The van der Waals surface area contributed by atoms with E-state index < -0.39 is 0 Å². The Kier molecular flexibility index (Phi) is 6.99. The van der Waals surface area contributed by atoms with E-state index in [4.69, 9.17) is 0 Å². The van der Waals surface area contributed by atoms with Crippen molar-refractivity contribution in [3.05, 3.63) is 47.3 Å². The average molecular weight is 288 g/mol. The molecule has 1 aromatic rings. The molecule has 116 valence electrons. The van der Waals surface area contributed by atoms with E-state index in [-0.39, 0.29) is 5.82 Å². The molecule has 21 heavy (non-hydrogen) atoms. The first-order chi connectivity index (χ1) is 10.3. The first-order valence-electron chi connectivity index (χ1n) is 8.70. The standard InChI is InChI=1S/C20H29F/c1-2-3-4-5-6-17-7-9-18(10-8-17)11-12-19-13-15-20(21)16-14-19/h9,13-17H,2-8,10-12H2,1H3. The number of hydrogen-bond donors (Lipinski definition) is 0. The number of allylic oxidation sites excluding steroid dienone is 2. The third-order valence-corrected chi connectivity index (χ3v) is 4.73. The molecule has 0 amide bonds. The van der Waals surface area contributed by atoms with Gasteiger partial charge in [-0.05, 0) is 55.7 Å². The molecule has 0 saturated heterocycles. The Hall–Kier alpha value is -1.11. The SMILES string of the molecule is CCCCCCC1CC=C(CCc2ccc(F)cc2)CC1. The first-order valence-corrected chi connectivity index (χ1v) is 8.70. The summed E-state index contributed by atoms with van der Waals surface area (Å²) in [4.78, 5) is 0. The fourth-order valence-corrected chi connectivity index (χ4v) is 3.25. The largest absolute Gasteiger partial charge is 0.207 e. The molecule has 0 fully saturated rings. The van der Waals surface area contributed by atoms with E-state index in [2.05, 4.69) is 13.0 Å². The number of benzene rings is 1. The molecular weight excluding hydrogens is 259 g/mol. The molecule has 2 rings (SSSR count). The van der Waals surface area contributed by atoms with Crippen LogP contribution in [0.5, 0.6) is 0 Å². The lowest BCUT2D eigenvalue weighted by Crippen LogP contribution is -2.06. The van der Waals surface area contributed by atoms with Crippen LogP contribution in [-0.2, 0) is 6.42 Å². The highest BCUT2D eigenvalue weighted by Crippen LogP contribution is 2.29. The smallest absolute Gasteiger partial charge is 0.123 e. The van der Waals surface area contributed by atoms with Crippen LogP contribution in [-0.4, -0.2) is 0 Å². The predicted molar refractivity (Wildman–Crippen MR) is 88.9 cm³/mol. The van der Waals surface area contributed by atoms with Crippen LogP contribution in [0.4, 0.5) is 4.39 Å². The molecule has 1 aliphatic carbocycles. The molecule has 0 nitrogen and oxygen atoms in total. The van der Waals surface area contributed by atoms with E-state index >= 15 is 0 Å². The third-order valence-electron chi connectivity index (χ3n) is 4.73. The maximum Gasteiger partial charge on any atom is 0.123 e. The lowest BCUT2D eigenvalue weighted by Gasteiger charge is -2.22. The van der Waals surface area contributed by atoms with Crippen LogP contribution in [0, 0.1) is 11.7 Å². The quantitative estimate of drug-likeness (QED) is 0.380. The first kappa shape index (κ1) is 16.3. The molecule has 0 aliphatic heterocycles. The molecule has 0 bridgehead atoms. The number of halogens is 1. The van der Waals surface area contributed by atoms with Crippen molar-refractivity contribution in [3.63, 3.8) is 0 Å². The minimum atomic E-state index is -0.137. The van der Waals surface area contributed by atoms with E-state index in [0.29, 0.717) is 0 Å². The van der Waals surface area contributed by atoms with Crippen LogP contribution in [0.1, 0.15) is 70.3 Å². The van der Waals surface area contributed by atoms with Crippen molar-refractivity contribution < 1.29 is 4.39 Å². The van der Waals surface area contributed by atoms with Crippen LogP contribution < -0.4 is 0 Å². The van der Waals surface area contributed by atoms with Crippen molar-refractivity contribution in [1.29, 1.82) is 0 Å². The average Bonchev–Trinajstić information content (AvgIpc) is 2.52. The van der Waals surface area contributed by atoms with Crippen molar-refractivity contribution in [1.82, 2.24) is 0 Å². The zero-order valence-corrected chi connectivity index (χ0v) is 13.4. The topological polar surface area (TPSA) is 0 Å². The molecule has 0 radical (unpaired) electrons. The number of aryl methyl sites for hydroxylation is 1. The second-order valence-corrected chi connectivity index (χ2v) is 6.48. The zero-order chi connectivity index (χ0) is 14.9. The van der Waals surface area contributed by atoms with Gasteiger partial charge in [0.2, 0.25) is 0 Å². The van der Waals surface area contributed by atoms with Crippen LogP contribution >= 0.6 is 0 Å². The summed E-state index contributed by atoms with van der Waals surface area (Å²) < 4.78 is 12.9. The summed E-state index contributed by atoms with van der Waals surface area (Å²) in [5.74, 6) is 0.790. The number of unbranched alkanes of at least 4 members (excludes halogenated alkanes) is 3. The van der Waals surface area contributed by atoms with Gasteiger partial charge in [-0.2, -0.15) is 0 Å². The van der Waals surface area contributed by atoms with Gasteiger partial charge in [-0.15, -0.1) is 0 Å². The Bertz CT molecular complexity index is 430. The second kappa shape index (κ2) is 9.02. The van der Waals surface area contributed by atoms with Gasteiger partial charge in [0, 0.05) is 0 Å². The summed E-state index contributed by atoms with van der Waals surface area (Å²) in [5, 5.41) is 0. The molecule has 1 heteroatoms. The van der Waals surface area contributed by atoms with Gasteiger partial charge < -0.3 is 0 Å². The maximum absolute atomic E-state index is 12.9. The molecule has 0 spiro atoms. The van der Waals surface area contributed by atoms with Gasteiger partial charge in [-0.1, -0.05) is 62.8 Å². The molecule has 1 atom stereocenters. The molecule has 0 heterocycles. The van der Waals surface area contributed by atoms with Crippen LogP contribution in [0.15, 0.2) is 35.9 Å². The summed E-state index contributed by atoms with van der Waals surface area (Å²) in [6.45, 7) is 2.27. The van der Waals surface area contributed by atoms with Gasteiger partial charge in [0.25, 0.3) is 0 Å². The molecule has 0 aromatic heterocycles. The second-order valence-electron chi connectivity index (χ2n) is 6.48. The van der Waals surface area contributed by atoms with E-state index in [0.717, 1.165) is 18.8 Å². The summed E-state index contributed by atoms with van der Waals surface area (Å²) in [7, 11) is 0. The number of hydrogen-bond acceptors (Lipinski definition) is 0. The highest BCUT2D eigenvalue weighted by atomic mass is 19.1. The van der Waals surface area contributed by atoms with Gasteiger partial charge >= 0.3 is 0 Å². The molecule has 1 aromatic carbocycles. The van der Waals surface area contributed by atoms with Gasteiger partial charge in [0.05, 0.1) is 0 Å². The summed E-state index contributed by atoms with van der Waals surface area (Å²) in [6.07, 6.45) is 15.6. The third kappa shape index (κ3) is 6.03. The molecule has 0 N–H and O–H groups in total. The summed E-state index contributed by atoms with van der Waals surface area (Å²) in [5.41, 5.74) is 2.86.